The molecule has 6 nitrogen and oxygen atoms in total. The Morgan fingerprint density at radius 3 is 2.72 bits per heavy atom. The Labute approximate surface area is 102 Å². The van der Waals surface area contributed by atoms with Gasteiger partial charge in [0.15, 0.2) is 0 Å². The Morgan fingerprint density at radius 1 is 1.50 bits per heavy atom. The van der Waals surface area contributed by atoms with E-state index >= 15 is 0 Å². The Kier molecular flexibility index (Phi) is 4.21. The van der Waals surface area contributed by atoms with E-state index in [0.29, 0.717) is 0 Å². The van der Waals surface area contributed by atoms with Gasteiger partial charge in [-0.1, -0.05) is 6.07 Å². The molecule has 2 amide bonds. The second-order valence-corrected chi connectivity index (χ2v) is 3.43. The molecule has 3 N–H and O–H groups in total. The summed E-state index contributed by atoms with van der Waals surface area (Å²) in [6.45, 7) is 1.28. The maximum atomic E-state index is 13.2. The van der Waals surface area contributed by atoms with Crippen LogP contribution in [0.3, 0.4) is 0 Å². The van der Waals surface area contributed by atoms with Crippen LogP contribution in [0.2, 0.25) is 0 Å². The summed E-state index contributed by atoms with van der Waals surface area (Å²) in [5.41, 5.74) is -0.330. The molecule has 0 bridgehead atoms. The molecule has 0 aromatic heterocycles. The first-order valence-corrected chi connectivity index (χ1v) is 4.94. The molecule has 0 spiro atoms. The highest BCUT2D eigenvalue weighted by molar-refractivity contribution is 5.93. The third kappa shape index (κ3) is 3.18. The number of rotatable bonds is 3. The van der Waals surface area contributed by atoms with Gasteiger partial charge in [-0.2, -0.15) is 5.26 Å². The molecule has 0 fully saturated rings. The second-order valence-electron chi connectivity index (χ2n) is 3.43. The number of hydrogen-bond acceptors (Lipinski definition) is 3. The molecular weight excluding hydrogens is 241 g/mol. The van der Waals surface area contributed by atoms with E-state index < -0.39 is 23.9 Å². The maximum Gasteiger partial charge on any atom is 0.325 e. The normalized spacial score (nSPS) is 11.2. The Bertz CT molecular complexity index is 525. The molecule has 0 unspecified atom stereocenters. The SMILES string of the molecule is C[C@H](NC(=O)Nc1cccc(F)c1C#N)C(=O)O. The number of carbonyl (C=O) groups is 2. The molecule has 18 heavy (non-hydrogen) atoms. The van der Waals surface area contributed by atoms with E-state index in [1.807, 2.05) is 0 Å². The van der Waals surface area contributed by atoms with E-state index in [-0.39, 0.29) is 11.3 Å². The monoisotopic (exact) mass is 251 g/mol. The van der Waals surface area contributed by atoms with E-state index in [1.165, 1.54) is 19.1 Å². The molecule has 94 valence electrons. The quantitative estimate of drug-likeness (QED) is 0.753. The van der Waals surface area contributed by atoms with Gasteiger partial charge in [0, 0.05) is 0 Å². The minimum absolute atomic E-state index is 0.0208. The number of hydrogen-bond donors (Lipinski definition) is 3. The fourth-order valence-corrected chi connectivity index (χ4v) is 1.16. The number of benzene rings is 1. The van der Waals surface area contributed by atoms with Crippen LogP contribution in [0.25, 0.3) is 0 Å². The Balaban J connectivity index is 2.80. The summed E-state index contributed by atoms with van der Waals surface area (Å²) < 4.78 is 13.2. The summed E-state index contributed by atoms with van der Waals surface area (Å²) >= 11 is 0. The fourth-order valence-electron chi connectivity index (χ4n) is 1.16. The first-order valence-electron chi connectivity index (χ1n) is 4.94. The van der Waals surface area contributed by atoms with Crippen LogP contribution in [0.4, 0.5) is 14.9 Å². The molecule has 0 aliphatic rings. The summed E-state index contributed by atoms with van der Waals surface area (Å²) in [5, 5.41) is 21.6. The molecular formula is C11H10FN3O3. The van der Waals surface area contributed by atoms with Gasteiger partial charge in [0.25, 0.3) is 0 Å². The predicted octanol–water partition coefficient (Wildman–Crippen LogP) is 1.29. The minimum Gasteiger partial charge on any atom is -0.480 e. The molecule has 1 aromatic rings. The number of carbonyl (C=O) groups excluding carboxylic acids is 1. The number of urea groups is 1. The van der Waals surface area contributed by atoms with Crippen LogP contribution < -0.4 is 10.6 Å². The molecule has 0 aliphatic carbocycles. The highest BCUT2D eigenvalue weighted by atomic mass is 19.1. The third-order valence-electron chi connectivity index (χ3n) is 2.09. The zero-order chi connectivity index (χ0) is 13.7. The van der Waals surface area contributed by atoms with Gasteiger partial charge in [0.2, 0.25) is 0 Å². The number of halogens is 1. The van der Waals surface area contributed by atoms with E-state index in [0.717, 1.165) is 6.07 Å². The van der Waals surface area contributed by atoms with Crippen LogP contribution in [-0.2, 0) is 4.79 Å². The first-order chi connectivity index (χ1) is 8.45. The molecule has 7 heteroatoms. The lowest BCUT2D eigenvalue weighted by atomic mass is 10.2. The molecule has 0 aliphatic heterocycles. The Morgan fingerprint density at radius 2 is 2.17 bits per heavy atom. The first kappa shape index (κ1) is 13.4. The molecule has 1 aromatic carbocycles. The van der Waals surface area contributed by atoms with Gasteiger partial charge in [-0.05, 0) is 19.1 Å². The third-order valence-corrected chi connectivity index (χ3v) is 2.09. The van der Waals surface area contributed by atoms with Crippen LogP contribution in [0.5, 0.6) is 0 Å². The van der Waals surface area contributed by atoms with Gasteiger partial charge in [-0.25, -0.2) is 9.18 Å². The van der Waals surface area contributed by atoms with Gasteiger partial charge in [0.1, 0.15) is 23.5 Å². The van der Waals surface area contributed by atoms with Crippen molar-refractivity contribution in [2.75, 3.05) is 5.32 Å². The number of anilines is 1. The van der Waals surface area contributed by atoms with Crippen LogP contribution in [-0.4, -0.2) is 23.1 Å². The van der Waals surface area contributed by atoms with Gasteiger partial charge in [0.05, 0.1) is 5.69 Å². The van der Waals surface area contributed by atoms with Gasteiger partial charge in [-0.3, -0.25) is 4.79 Å². The van der Waals surface area contributed by atoms with Crippen molar-refractivity contribution >= 4 is 17.7 Å². The lowest BCUT2D eigenvalue weighted by Crippen LogP contribution is -2.41. The molecule has 0 radical (unpaired) electrons. The number of carboxylic acids is 1. The lowest BCUT2D eigenvalue weighted by Gasteiger charge is -2.11. The van der Waals surface area contributed by atoms with Crippen LogP contribution in [0, 0.1) is 17.1 Å². The highest BCUT2D eigenvalue weighted by Crippen LogP contribution is 2.17. The summed E-state index contributed by atoms with van der Waals surface area (Å²) in [7, 11) is 0. The number of carboxylic acid groups (broad SMARTS) is 1. The van der Waals surface area contributed by atoms with Crippen molar-refractivity contribution in [2.45, 2.75) is 13.0 Å². The highest BCUT2D eigenvalue weighted by Gasteiger charge is 2.15. The smallest absolute Gasteiger partial charge is 0.325 e. The largest absolute Gasteiger partial charge is 0.480 e. The Hall–Kier alpha value is -2.62. The van der Waals surface area contributed by atoms with Crippen molar-refractivity contribution in [1.29, 1.82) is 5.26 Å². The molecule has 1 atom stereocenters. The zero-order valence-corrected chi connectivity index (χ0v) is 9.40. The maximum absolute atomic E-state index is 13.2. The van der Waals surface area contributed by atoms with Crippen molar-refractivity contribution < 1.29 is 19.1 Å². The lowest BCUT2D eigenvalue weighted by molar-refractivity contribution is -0.138. The van der Waals surface area contributed by atoms with Crippen molar-refractivity contribution in [2.24, 2.45) is 0 Å². The van der Waals surface area contributed by atoms with Crippen molar-refractivity contribution in [3.63, 3.8) is 0 Å². The van der Waals surface area contributed by atoms with Gasteiger partial charge in [-0.15, -0.1) is 0 Å². The van der Waals surface area contributed by atoms with Crippen LogP contribution >= 0.6 is 0 Å². The minimum atomic E-state index is -1.20. The van der Waals surface area contributed by atoms with Gasteiger partial charge >= 0.3 is 12.0 Å². The predicted molar refractivity (Wildman–Crippen MR) is 60.4 cm³/mol. The number of amides is 2. The van der Waals surface area contributed by atoms with E-state index in [1.54, 1.807) is 6.07 Å². The summed E-state index contributed by atoms with van der Waals surface area (Å²) in [4.78, 5) is 21.9. The fraction of sp³-hybridized carbons (Fsp3) is 0.182. The number of nitriles is 1. The van der Waals surface area contributed by atoms with Crippen molar-refractivity contribution in [3.8, 4) is 6.07 Å². The molecule has 0 saturated heterocycles. The standard InChI is InChI=1S/C11H10FN3O3/c1-6(10(16)17)14-11(18)15-9-4-2-3-8(12)7(9)5-13/h2-4,6H,1H3,(H,16,17)(H2,14,15,18)/t6-/m0/s1. The summed E-state index contributed by atoms with van der Waals surface area (Å²) in [6, 6.07) is 3.44. The zero-order valence-electron chi connectivity index (χ0n) is 9.40. The van der Waals surface area contributed by atoms with Crippen LogP contribution in [0.1, 0.15) is 12.5 Å². The van der Waals surface area contributed by atoms with E-state index in [4.69, 9.17) is 10.4 Å². The molecule has 0 saturated carbocycles. The average molecular weight is 251 g/mol. The number of aliphatic carboxylic acids is 1. The molecule has 1 rings (SSSR count). The van der Waals surface area contributed by atoms with Crippen molar-refractivity contribution in [1.82, 2.24) is 5.32 Å². The molecule has 0 heterocycles. The average Bonchev–Trinajstić information content (AvgIpc) is 2.28. The second kappa shape index (κ2) is 5.63. The number of nitrogens with zero attached hydrogens (tertiary/aromatic N) is 1. The van der Waals surface area contributed by atoms with Crippen LogP contribution in [0.15, 0.2) is 18.2 Å². The van der Waals surface area contributed by atoms with Crippen molar-refractivity contribution in [3.05, 3.63) is 29.6 Å². The van der Waals surface area contributed by atoms with Gasteiger partial charge < -0.3 is 15.7 Å². The summed E-state index contributed by atoms with van der Waals surface area (Å²) in [6.07, 6.45) is 0. The van der Waals surface area contributed by atoms with E-state index in [2.05, 4.69) is 10.6 Å². The topological polar surface area (TPSA) is 102 Å². The summed E-state index contributed by atoms with van der Waals surface area (Å²) in [5.74, 6) is -1.97. The number of nitrogens with one attached hydrogen (secondary N) is 2. The van der Waals surface area contributed by atoms with E-state index in [9.17, 15) is 14.0 Å².